The summed E-state index contributed by atoms with van der Waals surface area (Å²) in [6, 6.07) is 3.60. The number of rotatable bonds is 2. The molecule has 1 aliphatic rings. The lowest BCUT2D eigenvalue weighted by Gasteiger charge is -2.23. The Morgan fingerprint density at radius 3 is 2.53 bits per heavy atom. The van der Waals surface area contributed by atoms with Crippen LogP contribution in [0.5, 0.6) is 0 Å². The van der Waals surface area contributed by atoms with Crippen molar-refractivity contribution in [3.05, 3.63) is 30.1 Å². The first kappa shape index (κ1) is 10.1. The number of carbonyl (C=O) groups excluding carboxylic acids is 1. The average Bonchev–Trinajstić information content (AvgIpc) is 2.82. The molecule has 0 atom stereocenters. The number of nitrogens with zero attached hydrogens (tertiary/aromatic N) is 2. The summed E-state index contributed by atoms with van der Waals surface area (Å²) in [6.45, 7) is 0. The van der Waals surface area contributed by atoms with Crippen molar-refractivity contribution in [3.63, 3.8) is 0 Å². The highest BCUT2D eigenvalue weighted by Gasteiger charge is 2.24. The molecule has 0 radical (unpaired) electrons. The Hall–Kier alpha value is -1.42. The molecule has 0 aromatic carbocycles. The minimum Gasteiger partial charge on any atom is -0.274 e. The topological polar surface area (TPSA) is 59.2 Å². The molecule has 1 saturated carbocycles. The molecule has 4 nitrogen and oxygen atoms in total. The third-order valence-corrected chi connectivity index (χ3v) is 2.88. The lowest BCUT2D eigenvalue weighted by molar-refractivity contribution is 0.0681. The molecule has 0 aliphatic heterocycles. The zero-order chi connectivity index (χ0) is 10.7. The van der Waals surface area contributed by atoms with Crippen molar-refractivity contribution in [1.82, 2.24) is 9.99 Å². The first-order chi connectivity index (χ1) is 7.29. The summed E-state index contributed by atoms with van der Waals surface area (Å²) < 4.78 is 0. The molecule has 80 valence electrons. The van der Waals surface area contributed by atoms with E-state index in [2.05, 4.69) is 4.98 Å². The van der Waals surface area contributed by atoms with E-state index in [1.54, 1.807) is 24.5 Å². The van der Waals surface area contributed by atoms with Gasteiger partial charge in [0.25, 0.3) is 5.91 Å². The fourth-order valence-electron chi connectivity index (χ4n) is 1.99. The predicted molar refractivity (Wildman–Crippen MR) is 56.8 cm³/mol. The van der Waals surface area contributed by atoms with Crippen LogP contribution in [0, 0.1) is 0 Å². The molecular formula is C11H15N3O. The van der Waals surface area contributed by atoms with Crippen LogP contribution in [-0.2, 0) is 0 Å². The number of carbonyl (C=O) groups is 1. The van der Waals surface area contributed by atoms with E-state index in [0.717, 1.165) is 12.8 Å². The molecule has 4 heteroatoms. The lowest BCUT2D eigenvalue weighted by Crippen LogP contribution is -2.44. The molecule has 1 aromatic rings. The Balaban J connectivity index is 2.07. The number of aromatic nitrogens is 1. The SMILES string of the molecule is NN(C(=O)c1ccncc1)C1CCCC1. The molecule has 2 rings (SSSR count). The number of hydrogen-bond acceptors (Lipinski definition) is 3. The van der Waals surface area contributed by atoms with Crippen LogP contribution < -0.4 is 5.84 Å². The van der Waals surface area contributed by atoms with Gasteiger partial charge < -0.3 is 0 Å². The van der Waals surface area contributed by atoms with Gasteiger partial charge in [0, 0.05) is 24.0 Å². The van der Waals surface area contributed by atoms with Crippen molar-refractivity contribution in [2.75, 3.05) is 0 Å². The fraction of sp³-hybridized carbons (Fsp3) is 0.455. The smallest absolute Gasteiger partial charge is 0.268 e. The molecule has 1 aliphatic carbocycles. The van der Waals surface area contributed by atoms with Gasteiger partial charge in [0.05, 0.1) is 0 Å². The van der Waals surface area contributed by atoms with Gasteiger partial charge in [-0.1, -0.05) is 12.8 Å². The minimum atomic E-state index is -0.107. The van der Waals surface area contributed by atoms with Gasteiger partial charge in [-0.15, -0.1) is 0 Å². The summed E-state index contributed by atoms with van der Waals surface area (Å²) in [5.74, 6) is 5.71. The first-order valence-electron chi connectivity index (χ1n) is 5.27. The summed E-state index contributed by atoms with van der Waals surface area (Å²) in [5, 5.41) is 1.38. The predicted octanol–water partition coefficient (Wildman–Crippen LogP) is 1.34. The summed E-state index contributed by atoms with van der Waals surface area (Å²) >= 11 is 0. The molecule has 0 bridgehead atoms. The van der Waals surface area contributed by atoms with Gasteiger partial charge in [-0.25, -0.2) is 5.84 Å². The Bertz CT molecular complexity index is 333. The Morgan fingerprint density at radius 2 is 1.93 bits per heavy atom. The van der Waals surface area contributed by atoms with Crippen LogP contribution in [0.4, 0.5) is 0 Å². The van der Waals surface area contributed by atoms with Crippen LogP contribution in [0.2, 0.25) is 0 Å². The summed E-state index contributed by atoms with van der Waals surface area (Å²) in [7, 11) is 0. The fourth-order valence-corrected chi connectivity index (χ4v) is 1.99. The van der Waals surface area contributed by atoms with Crippen LogP contribution >= 0.6 is 0 Å². The van der Waals surface area contributed by atoms with E-state index in [9.17, 15) is 4.79 Å². The van der Waals surface area contributed by atoms with Crippen LogP contribution in [0.3, 0.4) is 0 Å². The maximum absolute atomic E-state index is 11.9. The molecule has 2 N–H and O–H groups in total. The van der Waals surface area contributed by atoms with Crippen LogP contribution in [0.1, 0.15) is 36.0 Å². The van der Waals surface area contributed by atoms with E-state index in [0.29, 0.717) is 5.56 Å². The van der Waals surface area contributed by atoms with Crippen molar-refractivity contribution in [2.24, 2.45) is 5.84 Å². The maximum Gasteiger partial charge on any atom is 0.268 e. The monoisotopic (exact) mass is 205 g/mol. The second-order valence-corrected chi connectivity index (χ2v) is 3.89. The number of hydrogen-bond donors (Lipinski definition) is 1. The van der Waals surface area contributed by atoms with Crippen molar-refractivity contribution in [2.45, 2.75) is 31.7 Å². The van der Waals surface area contributed by atoms with E-state index >= 15 is 0 Å². The maximum atomic E-state index is 11.9. The van der Waals surface area contributed by atoms with E-state index in [1.165, 1.54) is 17.9 Å². The van der Waals surface area contributed by atoms with Gasteiger partial charge >= 0.3 is 0 Å². The molecule has 0 unspecified atom stereocenters. The molecule has 0 spiro atoms. The molecule has 1 amide bonds. The Labute approximate surface area is 89.1 Å². The van der Waals surface area contributed by atoms with E-state index in [1.807, 2.05) is 0 Å². The van der Waals surface area contributed by atoms with Gasteiger partial charge in [0.2, 0.25) is 0 Å². The molecular weight excluding hydrogens is 190 g/mol. The number of nitrogens with two attached hydrogens (primary N) is 1. The van der Waals surface area contributed by atoms with Gasteiger partial charge in [0.15, 0.2) is 0 Å². The molecule has 1 aromatic heterocycles. The van der Waals surface area contributed by atoms with Crippen molar-refractivity contribution in [3.8, 4) is 0 Å². The zero-order valence-corrected chi connectivity index (χ0v) is 8.60. The van der Waals surface area contributed by atoms with Gasteiger partial charge in [-0.05, 0) is 25.0 Å². The van der Waals surface area contributed by atoms with Crippen LogP contribution in [0.15, 0.2) is 24.5 Å². The number of pyridine rings is 1. The highest BCUT2D eigenvalue weighted by molar-refractivity contribution is 5.93. The van der Waals surface area contributed by atoms with E-state index in [-0.39, 0.29) is 11.9 Å². The first-order valence-corrected chi connectivity index (χ1v) is 5.27. The quantitative estimate of drug-likeness (QED) is 0.450. The largest absolute Gasteiger partial charge is 0.274 e. The van der Waals surface area contributed by atoms with Gasteiger partial charge in [-0.3, -0.25) is 14.8 Å². The van der Waals surface area contributed by atoms with Crippen molar-refractivity contribution in [1.29, 1.82) is 0 Å². The van der Waals surface area contributed by atoms with E-state index < -0.39 is 0 Å². The molecule has 15 heavy (non-hydrogen) atoms. The summed E-state index contributed by atoms with van der Waals surface area (Å²) in [4.78, 5) is 15.8. The van der Waals surface area contributed by atoms with Crippen LogP contribution in [-0.4, -0.2) is 21.9 Å². The lowest BCUT2D eigenvalue weighted by atomic mass is 10.2. The standard InChI is InChI=1S/C11H15N3O/c12-14(10-3-1-2-4-10)11(15)9-5-7-13-8-6-9/h5-8,10H,1-4,12H2. The summed E-state index contributed by atoms with van der Waals surface area (Å²) in [5.41, 5.74) is 0.611. The average molecular weight is 205 g/mol. The minimum absolute atomic E-state index is 0.107. The Morgan fingerprint density at radius 1 is 1.33 bits per heavy atom. The van der Waals surface area contributed by atoms with Crippen LogP contribution in [0.25, 0.3) is 0 Å². The third kappa shape index (κ3) is 2.15. The molecule has 0 saturated heterocycles. The van der Waals surface area contributed by atoms with Gasteiger partial charge in [-0.2, -0.15) is 0 Å². The second-order valence-electron chi connectivity index (χ2n) is 3.89. The van der Waals surface area contributed by atoms with E-state index in [4.69, 9.17) is 5.84 Å². The van der Waals surface area contributed by atoms with Crippen molar-refractivity contribution < 1.29 is 4.79 Å². The number of hydrazine groups is 1. The highest BCUT2D eigenvalue weighted by atomic mass is 16.2. The molecule has 1 heterocycles. The third-order valence-electron chi connectivity index (χ3n) is 2.88. The van der Waals surface area contributed by atoms with Crippen molar-refractivity contribution >= 4 is 5.91 Å². The second kappa shape index (κ2) is 4.40. The Kier molecular flexibility index (Phi) is 2.97. The highest BCUT2D eigenvalue weighted by Crippen LogP contribution is 2.22. The normalized spacial score (nSPS) is 16.6. The number of amides is 1. The molecule has 1 fully saturated rings. The zero-order valence-electron chi connectivity index (χ0n) is 8.60. The summed E-state index contributed by atoms with van der Waals surface area (Å²) in [6.07, 6.45) is 7.59. The van der Waals surface area contributed by atoms with Gasteiger partial charge in [0.1, 0.15) is 0 Å².